The molecule has 0 amide bonds. The number of quaternary nitrogens is 1. The molecule has 0 fully saturated rings. The Labute approximate surface area is 340 Å². The zero-order valence-electron chi connectivity index (χ0n) is 36.9. The van der Waals surface area contributed by atoms with E-state index in [1.54, 1.807) is 0 Å². The van der Waals surface area contributed by atoms with Gasteiger partial charge in [0.25, 0.3) is 0 Å². The molecule has 0 saturated heterocycles. The van der Waals surface area contributed by atoms with Crippen molar-refractivity contribution in [2.45, 2.75) is 232 Å². The Bertz CT molecular complexity index is 912. The average Bonchev–Trinajstić information content (AvgIpc) is 3.13. The Morgan fingerprint density at radius 3 is 1.16 bits per heavy atom. The van der Waals surface area contributed by atoms with Crippen molar-refractivity contribution in [2.75, 3.05) is 47.5 Å². The van der Waals surface area contributed by atoms with Crippen LogP contribution in [-0.2, 0) is 32.7 Å². The lowest BCUT2D eigenvalue weighted by atomic mass is 10.0. The molecule has 0 aromatic carbocycles. The van der Waals surface area contributed by atoms with Crippen LogP contribution < -0.4 is 0 Å². The molecule has 0 aromatic rings. The first-order valence-corrected chi connectivity index (χ1v) is 24.8. The predicted octanol–water partition coefficient (Wildman–Crippen LogP) is 13.2. The van der Waals surface area contributed by atoms with Crippen LogP contribution in [-0.4, -0.2) is 74.9 Å². The van der Waals surface area contributed by atoms with Crippen LogP contribution >= 0.6 is 7.82 Å². The molecular formula is C45H91NO8P+. The number of nitrogens with zero attached hydrogens (tertiary/aromatic N) is 1. The number of hydrogen-bond acceptors (Lipinski definition) is 7. The van der Waals surface area contributed by atoms with Crippen molar-refractivity contribution >= 4 is 19.8 Å². The Morgan fingerprint density at radius 2 is 0.818 bits per heavy atom. The number of hydrogen-bond donors (Lipinski definition) is 1. The molecule has 0 heterocycles. The van der Waals surface area contributed by atoms with Crippen LogP contribution in [0, 0.1) is 0 Å². The Kier molecular flexibility index (Phi) is 37.8. The molecule has 0 rings (SSSR count). The Hall–Kier alpha value is -0.990. The molecule has 0 aliphatic carbocycles. The van der Waals surface area contributed by atoms with E-state index in [4.69, 9.17) is 18.5 Å². The van der Waals surface area contributed by atoms with Gasteiger partial charge >= 0.3 is 19.8 Å². The highest BCUT2D eigenvalue weighted by Gasteiger charge is 2.27. The zero-order chi connectivity index (χ0) is 40.7. The molecule has 0 saturated carbocycles. The third-order valence-corrected chi connectivity index (χ3v) is 11.4. The Balaban J connectivity index is 4.28. The fourth-order valence-electron chi connectivity index (χ4n) is 6.72. The van der Waals surface area contributed by atoms with E-state index in [-0.39, 0.29) is 25.6 Å². The van der Waals surface area contributed by atoms with Crippen molar-refractivity contribution in [3.63, 3.8) is 0 Å². The minimum atomic E-state index is -4.37. The van der Waals surface area contributed by atoms with E-state index in [0.29, 0.717) is 17.4 Å². The van der Waals surface area contributed by atoms with Crippen LogP contribution in [0.4, 0.5) is 0 Å². The van der Waals surface area contributed by atoms with Gasteiger partial charge in [0.15, 0.2) is 6.10 Å². The monoisotopic (exact) mass is 805 g/mol. The summed E-state index contributed by atoms with van der Waals surface area (Å²) in [6, 6.07) is 0. The number of rotatable bonds is 43. The standard InChI is InChI=1S/C45H90NO8P/c1-6-8-10-12-14-16-18-20-22-24-25-27-29-31-33-35-37-44(47)51-41-43(42-53-55(49,50)52-40-39-46(3,4)5)54-45(48)38-36-34-32-30-28-26-23-21-19-17-15-13-11-9-7-2/h43H,6-42H2,1-5H3/p+1. The summed E-state index contributed by atoms with van der Waals surface area (Å²) in [5.74, 6) is -0.781. The van der Waals surface area contributed by atoms with E-state index in [1.807, 2.05) is 21.1 Å². The fraction of sp³-hybridized carbons (Fsp3) is 0.956. The summed E-state index contributed by atoms with van der Waals surface area (Å²) < 4.78 is 34.4. The van der Waals surface area contributed by atoms with Crippen molar-refractivity contribution in [3.05, 3.63) is 0 Å². The number of esters is 2. The van der Waals surface area contributed by atoms with Gasteiger partial charge in [0.05, 0.1) is 27.7 Å². The molecule has 0 aromatic heterocycles. The molecule has 10 heteroatoms. The third-order valence-electron chi connectivity index (χ3n) is 10.4. The van der Waals surface area contributed by atoms with Gasteiger partial charge in [-0.15, -0.1) is 0 Å². The van der Waals surface area contributed by atoms with Crippen molar-refractivity contribution in [3.8, 4) is 0 Å². The van der Waals surface area contributed by atoms with Crippen molar-refractivity contribution < 1.29 is 42.1 Å². The maximum atomic E-state index is 12.7. The van der Waals surface area contributed by atoms with Gasteiger partial charge in [-0.25, -0.2) is 4.57 Å². The second-order valence-electron chi connectivity index (χ2n) is 17.2. The first-order valence-electron chi connectivity index (χ1n) is 23.3. The van der Waals surface area contributed by atoms with Gasteiger partial charge in [-0.1, -0.05) is 200 Å². The molecule has 0 bridgehead atoms. The number of ether oxygens (including phenoxy) is 2. The number of phosphoric ester groups is 1. The summed E-state index contributed by atoms with van der Waals surface area (Å²) in [5, 5.41) is 0. The van der Waals surface area contributed by atoms with Crippen LogP contribution in [0.15, 0.2) is 0 Å². The second-order valence-corrected chi connectivity index (χ2v) is 18.6. The lowest BCUT2D eigenvalue weighted by Gasteiger charge is -2.24. The number of carbonyl (C=O) groups excluding carboxylic acids is 2. The lowest BCUT2D eigenvalue weighted by molar-refractivity contribution is -0.870. The van der Waals surface area contributed by atoms with Crippen molar-refractivity contribution in [1.82, 2.24) is 0 Å². The van der Waals surface area contributed by atoms with E-state index >= 15 is 0 Å². The molecule has 0 spiro atoms. The highest BCUT2D eigenvalue weighted by atomic mass is 31.2. The highest BCUT2D eigenvalue weighted by Crippen LogP contribution is 2.43. The molecule has 55 heavy (non-hydrogen) atoms. The topological polar surface area (TPSA) is 108 Å². The summed E-state index contributed by atoms with van der Waals surface area (Å²) >= 11 is 0. The van der Waals surface area contributed by atoms with Crippen LogP contribution in [0.3, 0.4) is 0 Å². The van der Waals surface area contributed by atoms with E-state index < -0.39 is 26.5 Å². The minimum Gasteiger partial charge on any atom is -0.462 e. The van der Waals surface area contributed by atoms with Gasteiger partial charge in [-0.3, -0.25) is 18.6 Å². The average molecular weight is 805 g/mol. The molecule has 2 unspecified atom stereocenters. The summed E-state index contributed by atoms with van der Waals surface area (Å²) in [7, 11) is 1.49. The van der Waals surface area contributed by atoms with Crippen molar-refractivity contribution in [2.24, 2.45) is 0 Å². The zero-order valence-corrected chi connectivity index (χ0v) is 37.8. The molecule has 9 nitrogen and oxygen atoms in total. The van der Waals surface area contributed by atoms with Gasteiger partial charge in [0, 0.05) is 12.8 Å². The SMILES string of the molecule is CCCCCCCCCCCCCCCCCCC(=O)OCC(COP(=O)(O)OCC[N+](C)(C)C)OC(=O)CCCCCCCCCCCCCCCCC. The quantitative estimate of drug-likeness (QED) is 0.0281. The van der Waals surface area contributed by atoms with E-state index in [0.717, 1.165) is 38.5 Å². The molecule has 2 atom stereocenters. The van der Waals surface area contributed by atoms with Crippen molar-refractivity contribution in [1.29, 1.82) is 0 Å². The molecule has 0 aliphatic heterocycles. The molecule has 0 radical (unpaired) electrons. The largest absolute Gasteiger partial charge is 0.472 e. The number of likely N-dealkylation sites (N-methyl/N-ethyl adjacent to an activating group) is 1. The van der Waals surface area contributed by atoms with Crippen LogP contribution in [0.25, 0.3) is 0 Å². The lowest BCUT2D eigenvalue weighted by Crippen LogP contribution is -2.37. The number of phosphoric acid groups is 1. The van der Waals surface area contributed by atoms with Crippen LogP contribution in [0.2, 0.25) is 0 Å². The smallest absolute Gasteiger partial charge is 0.462 e. The van der Waals surface area contributed by atoms with E-state index in [1.165, 1.54) is 161 Å². The molecule has 0 aliphatic rings. The number of unbranched alkanes of at least 4 members (excludes halogenated alkanes) is 29. The fourth-order valence-corrected chi connectivity index (χ4v) is 7.46. The maximum absolute atomic E-state index is 12.7. The minimum absolute atomic E-state index is 0.0369. The summed E-state index contributed by atoms with van der Waals surface area (Å²) in [5.41, 5.74) is 0. The molecule has 328 valence electrons. The first kappa shape index (κ1) is 54.0. The van der Waals surface area contributed by atoms with E-state index in [9.17, 15) is 19.0 Å². The normalized spacial score (nSPS) is 13.5. The van der Waals surface area contributed by atoms with Gasteiger partial charge in [0.2, 0.25) is 0 Å². The third kappa shape index (κ3) is 42.4. The molecular weight excluding hydrogens is 713 g/mol. The Morgan fingerprint density at radius 1 is 0.491 bits per heavy atom. The van der Waals surface area contributed by atoms with Gasteiger partial charge < -0.3 is 18.9 Å². The van der Waals surface area contributed by atoms with Gasteiger partial charge in [-0.2, -0.15) is 0 Å². The summed E-state index contributed by atoms with van der Waals surface area (Å²) in [6.45, 7) is 4.47. The predicted molar refractivity (Wildman–Crippen MR) is 229 cm³/mol. The first-order chi connectivity index (χ1) is 26.5. The second kappa shape index (κ2) is 38.5. The number of carbonyl (C=O) groups is 2. The van der Waals surface area contributed by atoms with Gasteiger partial charge in [-0.05, 0) is 12.8 Å². The summed E-state index contributed by atoms with van der Waals surface area (Å²) in [4.78, 5) is 35.4. The summed E-state index contributed by atoms with van der Waals surface area (Å²) in [6.07, 6.45) is 38.5. The maximum Gasteiger partial charge on any atom is 0.472 e. The van der Waals surface area contributed by atoms with Gasteiger partial charge in [0.1, 0.15) is 19.8 Å². The van der Waals surface area contributed by atoms with Crippen LogP contribution in [0.5, 0.6) is 0 Å². The van der Waals surface area contributed by atoms with E-state index in [2.05, 4.69) is 13.8 Å². The van der Waals surface area contributed by atoms with Crippen LogP contribution in [0.1, 0.15) is 226 Å². The highest BCUT2D eigenvalue weighted by molar-refractivity contribution is 7.47. The molecule has 1 N–H and O–H groups in total.